The Morgan fingerprint density at radius 1 is 0.848 bits per heavy atom. The van der Waals surface area contributed by atoms with Gasteiger partial charge in [0.15, 0.2) is 0 Å². The minimum atomic E-state index is 0.00712. The summed E-state index contributed by atoms with van der Waals surface area (Å²) in [5.41, 5.74) is 3.13. The van der Waals surface area contributed by atoms with E-state index in [1.165, 1.54) is 6.42 Å². The first-order valence-electron chi connectivity index (χ1n) is 11.8. The summed E-state index contributed by atoms with van der Waals surface area (Å²) in [5.74, 6) is 0.319. The lowest BCUT2D eigenvalue weighted by Gasteiger charge is -2.35. The second kappa shape index (κ2) is 9.52. The maximum absolute atomic E-state index is 13.6. The number of fused-ring (bicyclic) bond motifs is 1. The molecule has 2 amide bonds. The number of para-hydroxylation sites is 1. The van der Waals surface area contributed by atoms with Crippen molar-refractivity contribution in [1.82, 2.24) is 14.8 Å². The largest absolute Gasteiger partial charge is 0.342 e. The van der Waals surface area contributed by atoms with Gasteiger partial charge in [0.1, 0.15) is 0 Å². The van der Waals surface area contributed by atoms with Crippen LogP contribution in [0.5, 0.6) is 0 Å². The van der Waals surface area contributed by atoms with E-state index >= 15 is 0 Å². The fourth-order valence-corrected chi connectivity index (χ4v) is 5.12. The molecule has 0 saturated carbocycles. The van der Waals surface area contributed by atoms with Crippen LogP contribution < -0.4 is 0 Å². The summed E-state index contributed by atoms with van der Waals surface area (Å²) in [6.07, 6.45) is 4.89. The summed E-state index contributed by atoms with van der Waals surface area (Å²) in [5, 5.41) is 1.52. The van der Waals surface area contributed by atoms with Crippen molar-refractivity contribution < 1.29 is 9.59 Å². The predicted molar refractivity (Wildman–Crippen MR) is 131 cm³/mol. The molecule has 5 rings (SSSR count). The molecule has 0 spiro atoms. The van der Waals surface area contributed by atoms with E-state index in [-0.39, 0.29) is 17.7 Å². The summed E-state index contributed by atoms with van der Waals surface area (Å²) in [7, 11) is 0. The third-order valence-corrected chi connectivity index (χ3v) is 7.14. The number of aromatic nitrogens is 1. The SMILES string of the molecule is O=C(c1cc(-c2ccc(Cl)cc2)nc2ccccc12)N1CCC(C(=O)N2CCCCC2)CC1. The van der Waals surface area contributed by atoms with Crippen LogP contribution in [0.2, 0.25) is 5.02 Å². The Labute approximate surface area is 199 Å². The van der Waals surface area contributed by atoms with Crippen LogP contribution in [0.1, 0.15) is 42.5 Å². The fraction of sp³-hybridized carbons (Fsp3) is 0.370. The van der Waals surface area contributed by atoms with E-state index in [9.17, 15) is 9.59 Å². The Kier molecular flexibility index (Phi) is 6.32. The van der Waals surface area contributed by atoms with Gasteiger partial charge in [-0.2, -0.15) is 0 Å². The number of nitrogens with zero attached hydrogens (tertiary/aromatic N) is 3. The molecular weight excluding hydrogens is 434 g/mol. The number of halogens is 1. The monoisotopic (exact) mass is 461 g/mol. The van der Waals surface area contributed by atoms with Gasteiger partial charge in [-0.3, -0.25) is 9.59 Å². The molecule has 170 valence electrons. The number of piperidine rings is 2. The maximum Gasteiger partial charge on any atom is 0.254 e. The number of rotatable bonds is 3. The molecule has 0 aliphatic carbocycles. The zero-order valence-corrected chi connectivity index (χ0v) is 19.4. The van der Waals surface area contributed by atoms with Crippen molar-refractivity contribution in [2.45, 2.75) is 32.1 Å². The number of likely N-dealkylation sites (tertiary alicyclic amines) is 2. The molecule has 0 bridgehead atoms. The molecule has 2 aromatic carbocycles. The summed E-state index contributed by atoms with van der Waals surface area (Å²) in [6.45, 7) is 2.98. The van der Waals surface area contributed by atoms with Gasteiger partial charge in [-0.25, -0.2) is 4.98 Å². The van der Waals surface area contributed by atoms with E-state index < -0.39 is 0 Å². The molecule has 0 N–H and O–H groups in total. The van der Waals surface area contributed by atoms with Crippen LogP contribution in [-0.2, 0) is 4.79 Å². The lowest BCUT2D eigenvalue weighted by molar-refractivity contribution is -0.137. The van der Waals surface area contributed by atoms with Gasteiger partial charge in [0.05, 0.1) is 16.8 Å². The Morgan fingerprint density at radius 2 is 1.55 bits per heavy atom. The van der Waals surface area contributed by atoms with Gasteiger partial charge in [-0.05, 0) is 56.4 Å². The minimum absolute atomic E-state index is 0.00712. The zero-order valence-electron chi connectivity index (χ0n) is 18.7. The van der Waals surface area contributed by atoms with Crippen molar-refractivity contribution in [2.24, 2.45) is 5.92 Å². The Hall–Kier alpha value is -2.92. The van der Waals surface area contributed by atoms with Gasteiger partial charge in [0.2, 0.25) is 5.91 Å². The Balaban J connectivity index is 1.37. The number of carbonyl (C=O) groups is 2. The molecule has 0 unspecified atom stereocenters. The molecule has 33 heavy (non-hydrogen) atoms. The van der Waals surface area contributed by atoms with Crippen LogP contribution in [0.15, 0.2) is 54.6 Å². The second-order valence-electron chi connectivity index (χ2n) is 9.03. The number of benzene rings is 2. The molecule has 0 atom stereocenters. The topological polar surface area (TPSA) is 53.5 Å². The van der Waals surface area contributed by atoms with Crippen LogP contribution in [0.4, 0.5) is 0 Å². The summed E-state index contributed by atoms with van der Waals surface area (Å²) < 4.78 is 0. The molecule has 3 aromatic rings. The molecule has 2 aliphatic rings. The van der Waals surface area contributed by atoms with Crippen molar-refractivity contribution >= 4 is 34.3 Å². The highest BCUT2D eigenvalue weighted by Crippen LogP contribution is 2.29. The lowest BCUT2D eigenvalue weighted by Crippen LogP contribution is -2.45. The van der Waals surface area contributed by atoms with Crippen molar-refractivity contribution in [3.63, 3.8) is 0 Å². The van der Waals surface area contributed by atoms with Gasteiger partial charge >= 0.3 is 0 Å². The van der Waals surface area contributed by atoms with E-state index in [0.717, 1.165) is 60.9 Å². The first-order valence-corrected chi connectivity index (χ1v) is 12.2. The molecule has 0 radical (unpaired) electrons. The van der Waals surface area contributed by atoms with Gasteiger partial charge in [-0.1, -0.05) is 41.9 Å². The van der Waals surface area contributed by atoms with Crippen molar-refractivity contribution in [3.05, 3.63) is 65.2 Å². The number of amides is 2. The van der Waals surface area contributed by atoms with Gasteiger partial charge in [0, 0.05) is 48.1 Å². The van der Waals surface area contributed by atoms with Crippen molar-refractivity contribution in [2.75, 3.05) is 26.2 Å². The normalized spacial score (nSPS) is 17.4. The second-order valence-corrected chi connectivity index (χ2v) is 9.47. The van der Waals surface area contributed by atoms with Crippen LogP contribution >= 0.6 is 11.6 Å². The first-order chi connectivity index (χ1) is 16.1. The van der Waals surface area contributed by atoms with Crippen LogP contribution in [0.3, 0.4) is 0 Å². The molecule has 2 fully saturated rings. The third kappa shape index (κ3) is 4.60. The average Bonchev–Trinajstić information content (AvgIpc) is 2.88. The first kappa shape index (κ1) is 21.9. The van der Waals surface area contributed by atoms with Crippen molar-refractivity contribution in [1.29, 1.82) is 0 Å². The quantitative estimate of drug-likeness (QED) is 0.523. The fourth-order valence-electron chi connectivity index (χ4n) is 4.99. The molecule has 1 aromatic heterocycles. The van der Waals surface area contributed by atoms with Gasteiger partial charge in [0.25, 0.3) is 5.91 Å². The van der Waals surface area contributed by atoms with E-state index in [4.69, 9.17) is 16.6 Å². The molecule has 2 saturated heterocycles. The minimum Gasteiger partial charge on any atom is -0.342 e. The average molecular weight is 462 g/mol. The van der Waals surface area contributed by atoms with Gasteiger partial charge < -0.3 is 9.80 Å². The molecule has 6 heteroatoms. The lowest BCUT2D eigenvalue weighted by atomic mass is 9.93. The Morgan fingerprint density at radius 3 is 2.27 bits per heavy atom. The zero-order chi connectivity index (χ0) is 22.8. The Bertz CT molecular complexity index is 1160. The molecular formula is C27H28ClN3O2. The number of carbonyl (C=O) groups excluding carboxylic acids is 2. The maximum atomic E-state index is 13.6. The summed E-state index contributed by atoms with van der Waals surface area (Å²) in [4.78, 5) is 35.2. The molecule has 5 nitrogen and oxygen atoms in total. The number of hydrogen-bond donors (Lipinski definition) is 0. The number of hydrogen-bond acceptors (Lipinski definition) is 3. The van der Waals surface area contributed by atoms with Crippen LogP contribution in [0, 0.1) is 5.92 Å². The third-order valence-electron chi connectivity index (χ3n) is 6.89. The van der Waals surface area contributed by atoms with E-state index in [2.05, 4.69) is 0 Å². The standard InChI is InChI=1S/C27H28ClN3O2/c28-21-10-8-19(9-11-21)25-18-23(22-6-2-3-7-24(22)29-25)27(33)31-16-12-20(13-17-31)26(32)30-14-4-1-5-15-30/h2-3,6-11,18,20H,1,4-5,12-17H2. The van der Waals surface area contributed by atoms with Crippen LogP contribution in [-0.4, -0.2) is 52.8 Å². The van der Waals surface area contributed by atoms with Crippen LogP contribution in [0.25, 0.3) is 22.2 Å². The highest BCUT2D eigenvalue weighted by atomic mass is 35.5. The van der Waals surface area contributed by atoms with E-state index in [1.807, 2.05) is 64.4 Å². The van der Waals surface area contributed by atoms with Gasteiger partial charge in [-0.15, -0.1) is 0 Å². The highest BCUT2D eigenvalue weighted by Gasteiger charge is 2.31. The number of pyridine rings is 1. The predicted octanol–water partition coefficient (Wildman–Crippen LogP) is 5.42. The smallest absolute Gasteiger partial charge is 0.254 e. The summed E-state index contributed by atoms with van der Waals surface area (Å²) >= 11 is 6.05. The van der Waals surface area contributed by atoms with Crippen molar-refractivity contribution in [3.8, 4) is 11.3 Å². The van der Waals surface area contributed by atoms with E-state index in [0.29, 0.717) is 23.7 Å². The highest BCUT2D eigenvalue weighted by molar-refractivity contribution is 6.30. The molecule has 2 aliphatic heterocycles. The van der Waals surface area contributed by atoms with E-state index in [1.54, 1.807) is 0 Å². The summed E-state index contributed by atoms with van der Waals surface area (Å²) in [6, 6.07) is 17.2. The molecule has 3 heterocycles.